The Morgan fingerprint density at radius 1 is 1.00 bits per heavy atom. The van der Waals surface area contributed by atoms with Gasteiger partial charge in [0, 0.05) is 6.54 Å². The quantitative estimate of drug-likeness (QED) is 0.408. The van der Waals surface area contributed by atoms with Crippen molar-refractivity contribution in [2.75, 3.05) is 19.8 Å². The summed E-state index contributed by atoms with van der Waals surface area (Å²) >= 11 is 0. The largest absolute Gasteiger partial charge is 0.482 e. The average molecular weight is 367 g/mol. The minimum Gasteiger partial charge on any atom is -0.482 e. The molecule has 1 aliphatic heterocycles. The third-order valence-electron chi connectivity index (χ3n) is 4.33. The smallest absolute Gasteiger partial charge is 0.344 e. The number of hydrogen-bond acceptors (Lipinski definition) is 5. The molecule has 0 bridgehead atoms. The van der Waals surface area contributed by atoms with Gasteiger partial charge in [-0.05, 0) is 42.7 Å². The molecule has 2 aromatic carbocycles. The molecule has 0 N–H and O–H groups in total. The number of esters is 1. The molecule has 0 saturated heterocycles. The number of hydrogen-bond donors (Lipinski definition) is 0. The number of carbonyl (C=O) groups is 3. The number of benzene rings is 2. The minimum absolute atomic E-state index is 0.116. The van der Waals surface area contributed by atoms with Crippen LogP contribution in [0.25, 0.3) is 0 Å². The molecule has 27 heavy (non-hydrogen) atoms. The van der Waals surface area contributed by atoms with Crippen LogP contribution in [-0.4, -0.2) is 42.4 Å². The Kier molecular flexibility index (Phi) is 5.86. The van der Waals surface area contributed by atoms with Crippen molar-refractivity contribution in [1.29, 1.82) is 0 Å². The first-order chi connectivity index (χ1) is 13.1. The third-order valence-corrected chi connectivity index (χ3v) is 4.33. The number of aryl methyl sites for hydroxylation is 1. The molecule has 0 fully saturated rings. The van der Waals surface area contributed by atoms with E-state index in [1.54, 1.807) is 30.3 Å². The number of fused-ring (bicyclic) bond motifs is 1. The van der Waals surface area contributed by atoms with Gasteiger partial charge in [0.2, 0.25) is 0 Å². The van der Waals surface area contributed by atoms with E-state index in [0.29, 0.717) is 23.3 Å². The van der Waals surface area contributed by atoms with Crippen LogP contribution in [0.15, 0.2) is 48.5 Å². The Balaban J connectivity index is 1.40. The first-order valence-corrected chi connectivity index (χ1v) is 8.92. The molecule has 3 rings (SSSR count). The number of amides is 2. The number of ether oxygens (including phenoxy) is 2. The number of carbonyl (C=O) groups excluding carboxylic acids is 3. The molecule has 2 amide bonds. The van der Waals surface area contributed by atoms with Crippen molar-refractivity contribution in [1.82, 2.24) is 4.90 Å². The highest BCUT2D eigenvalue weighted by atomic mass is 16.6. The van der Waals surface area contributed by atoms with E-state index in [9.17, 15) is 14.4 Å². The second-order valence-corrected chi connectivity index (χ2v) is 6.17. The van der Waals surface area contributed by atoms with Crippen molar-refractivity contribution in [3.8, 4) is 5.75 Å². The molecule has 1 heterocycles. The van der Waals surface area contributed by atoms with Gasteiger partial charge in [0.1, 0.15) is 5.75 Å². The first-order valence-electron chi connectivity index (χ1n) is 8.92. The lowest BCUT2D eigenvalue weighted by atomic mass is 10.1. The van der Waals surface area contributed by atoms with Crippen LogP contribution in [0.2, 0.25) is 0 Å². The third kappa shape index (κ3) is 4.34. The van der Waals surface area contributed by atoms with Crippen LogP contribution in [-0.2, 0) is 16.0 Å². The van der Waals surface area contributed by atoms with Crippen molar-refractivity contribution in [2.45, 2.75) is 19.8 Å². The SMILES string of the molecule is CCc1cccc(OCC(=O)OCCCN2C(=O)c3ccccc3C2=O)c1. The summed E-state index contributed by atoms with van der Waals surface area (Å²) in [6.45, 7) is 2.19. The van der Waals surface area contributed by atoms with E-state index in [4.69, 9.17) is 9.47 Å². The van der Waals surface area contributed by atoms with Crippen molar-refractivity contribution < 1.29 is 23.9 Å². The van der Waals surface area contributed by atoms with Crippen LogP contribution in [0.5, 0.6) is 5.75 Å². The van der Waals surface area contributed by atoms with Crippen molar-refractivity contribution in [3.05, 3.63) is 65.2 Å². The standard InChI is InChI=1S/C21H21NO5/c1-2-15-7-5-8-16(13-15)27-14-19(23)26-12-6-11-22-20(24)17-9-3-4-10-18(17)21(22)25/h3-5,7-10,13H,2,6,11-12,14H2,1H3. The Morgan fingerprint density at radius 2 is 1.70 bits per heavy atom. The highest BCUT2D eigenvalue weighted by molar-refractivity contribution is 6.21. The molecule has 0 spiro atoms. The van der Waals surface area contributed by atoms with Crippen LogP contribution < -0.4 is 4.74 Å². The fourth-order valence-electron chi connectivity index (χ4n) is 2.89. The topological polar surface area (TPSA) is 72.9 Å². The van der Waals surface area contributed by atoms with Crippen LogP contribution in [0, 0.1) is 0 Å². The summed E-state index contributed by atoms with van der Waals surface area (Å²) in [5, 5.41) is 0. The minimum atomic E-state index is -0.487. The normalized spacial score (nSPS) is 12.9. The molecule has 0 aromatic heterocycles. The zero-order valence-corrected chi connectivity index (χ0v) is 15.1. The van der Waals surface area contributed by atoms with Crippen molar-refractivity contribution >= 4 is 17.8 Å². The summed E-state index contributed by atoms with van der Waals surface area (Å²) < 4.78 is 10.5. The molecule has 0 radical (unpaired) electrons. The van der Waals surface area contributed by atoms with Crippen LogP contribution >= 0.6 is 0 Å². The van der Waals surface area contributed by atoms with Gasteiger partial charge in [-0.3, -0.25) is 14.5 Å². The maximum Gasteiger partial charge on any atom is 0.344 e. The molecule has 6 nitrogen and oxygen atoms in total. The summed E-state index contributed by atoms with van der Waals surface area (Å²) in [5.41, 5.74) is 1.96. The predicted molar refractivity (Wildman–Crippen MR) is 98.7 cm³/mol. The Morgan fingerprint density at radius 3 is 2.37 bits per heavy atom. The molecule has 0 saturated carbocycles. The molecule has 140 valence electrons. The highest BCUT2D eigenvalue weighted by Gasteiger charge is 2.34. The molecule has 0 aliphatic carbocycles. The predicted octanol–water partition coefficient (Wildman–Crippen LogP) is 2.86. The fraction of sp³-hybridized carbons (Fsp3) is 0.286. The van der Waals surface area contributed by atoms with E-state index in [0.717, 1.165) is 12.0 Å². The second kappa shape index (κ2) is 8.49. The van der Waals surface area contributed by atoms with E-state index in [1.165, 1.54) is 4.90 Å². The van der Waals surface area contributed by atoms with E-state index < -0.39 is 5.97 Å². The van der Waals surface area contributed by atoms with Gasteiger partial charge in [-0.1, -0.05) is 31.2 Å². The summed E-state index contributed by atoms with van der Waals surface area (Å²) in [6.07, 6.45) is 1.27. The Hall–Kier alpha value is -3.15. The molecule has 6 heteroatoms. The molecule has 1 aliphatic rings. The lowest BCUT2D eigenvalue weighted by Crippen LogP contribution is -2.31. The van der Waals surface area contributed by atoms with E-state index >= 15 is 0 Å². The van der Waals surface area contributed by atoms with E-state index in [2.05, 4.69) is 0 Å². The number of imide groups is 1. The van der Waals surface area contributed by atoms with Gasteiger partial charge in [0.15, 0.2) is 6.61 Å². The van der Waals surface area contributed by atoms with E-state index in [1.807, 2.05) is 25.1 Å². The van der Waals surface area contributed by atoms with Crippen molar-refractivity contribution in [2.24, 2.45) is 0 Å². The van der Waals surface area contributed by atoms with Gasteiger partial charge in [0.25, 0.3) is 11.8 Å². The molecule has 0 unspecified atom stereocenters. The molecule has 2 aromatic rings. The maximum absolute atomic E-state index is 12.2. The van der Waals surface area contributed by atoms with E-state index in [-0.39, 0.29) is 31.6 Å². The Bertz CT molecular complexity index is 826. The van der Waals surface area contributed by atoms with Gasteiger partial charge < -0.3 is 9.47 Å². The van der Waals surface area contributed by atoms with Gasteiger partial charge in [0.05, 0.1) is 17.7 Å². The lowest BCUT2D eigenvalue weighted by molar-refractivity contribution is -0.146. The zero-order chi connectivity index (χ0) is 19.2. The van der Waals surface area contributed by atoms with Crippen LogP contribution in [0.4, 0.5) is 0 Å². The highest BCUT2D eigenvalue weighted by Crippen LogP contribution is 2.22. The average Bonchev–Trinajstić information content (AvgIpc) is 2.94. The molecular formula is C21H21NO5. The Labute approximate surface area is 157 Å². The monoisotopic (exact) mass is 367 g/mol. The fourth-order valence-corrected chi connectivity index (χ4v) is 2.89. The zero-order valence-electron chi connectivity index (χ0n) is 15.1. The van der Waals surface area contributed by atoms with Gasteiger partial charge in [-0.2, -0.15) is 0 Å². The van der Waals surface area contributed by atoms with Gasteiger partial charge in [-0.15, -0.1) is 0 Å². The summed E-state index contributed by atoms with van der Waals surface area (Å²) in [7, 11) is 0. The number of rotatable bonds is 8. The molecule has 0 atom stereocenters. The second-order valence-electron chi connectivity index (χ2n) is 6.17. The van der Waals surface area contributed by atoms with Gasteiger partial charge in [-0.25, -0.2) is 4.79 Å². The summed E-state index contributed by atoms with van der Waals surface area (Å²) in [6, 6.07) is 14.3. The summed E-state index contributed by atoms with van der Waals surface area (Å²) in [5.74, 6) is -0.473. The first kappa shape index (κ1) is 18.6. The van der Waals surface area contributed by atoms with Crippen LogP contribution in [0.3, 0.4) is 0 Å². The van der Waals surface area contributed by atoms with Crippen molar-refractivity contribution in [3.63, 3.8) is 0 Å². The van der Waals surface area contributed by atoms with Gasteiger partial charge >= 0.3 is 5.97 Å². The maximum atomic E-state index is 12.2. The van der Waals surface area contributed by atoms with Crippen LogP contribution in [0.1, 0.15) is 39.6 Å². The molecular weight excluding hydrogens is 346 g/mol. The summed E-state index contributed by atoms with van der Waals surface area (Å²) in [4.78, 5) is 37.4. The number of nitrogens with zero attached hydrogens (tertiary/aromatic N) is 1. The lowest BCUT2D eigenvalue weighted by Gasteiger charge is -2.13.